The van der Waals surface area contributed by atoms with Crippen LogP contribution >= 0.6 is 43.2 Å². The van der Waals surface area contributed by atoms with E-state index in [9.17, 15) is 4.79 Å². The second kappa shape index (κ2) is 6.20. The number of hydrogen-bond acceptors (Lipinski definition) is 3. The Morgan fingerprint density at radius 3 is 2.58 bits per heavy atom. The molecule has 1 heterocycles. The van der Waals surface area contributed by atoms with Crippen LogP contribution in [0.2, 0.25) is 0 Å². The van der Waals surface area contributed by atoms with E-state index >= 15 is 0 Å². The third kappa shape index (κ3) is 3.68. The largest absolute Gasteiger partial charge is 0.370 e. The van der Waals surface area contributed by atoms with Gasteiger partial charge in [-0.3, -0.25) is 4.79 Å². The van der Waals surface area contributed by atoms with E-state index in [0.717, 1.165) is 26.1 Å². The lowest BCUT2D eigenvalue weighted by molar-refractivity contribution is 0.101. The van der Waals surface area contributed by atoms with Crippen molar-refractivity contribution in [1.82, 2.24) is 0 Å². The molecule has 0 aliphatic heterocycles. The summed E-state index contributed by atoms with van der Waals surface area (Å²) in [6, 6.07) is 7.95. The summed E-state index contributed by atoms with van der Waals surface area (Å²) in [5.74, 6) is 0.0721. The van der Waals surface area contributed by atoms with Crippen LogP contribution in [0.25, 0.3) is 0 Å². The van der Waals surface area contributed by atoms with E-state index in [2.05, 4.69) is 48.2 Å². The van der Waals surface area contributed by atoms with Crippen molar-refractivity contribution in [3.05, 3.63) is 49.0 Å². The smallest absolute Gasteiger partial charge is 0.160 e. The van der Waals surface area contributed by atoms with Crippen LogP contribution in [0.1, 0.15) is 22.8 Å². The van der Waals surface area contributed by atoms with Crippen LogP contribution in [-0.4, -0.2) is 12.8 Å². The minimum Gasteiger partial charge on any atom is -0.370 e. The Balaban J connectivity index is 2.17. The van der Waals surface area contributed by atoms with E-state index in [1.54, 1.807) is 18.3 Å². The number of carbonyl (C=O) groups excluding carboxylic acids is 1. The Kier molecular flexibility index (Phi) is 4.81. The minimum absolute atomic E-state index is 0.0721. The third-order valence-electron chi connectivity index (χ3n) is 2.81. The maximum absolute atomic E-state index is 11.4. The lowest BCUT2D eigenvalue weighted by Crippen LogP contribution is -2.16. The maximum atomic E-state index is 11.4. The number of benzene rings is 1. The molecule has 0 atom stereocenters. The molecule has 2 aromatic rings. The van der Waals surface area contributed by atoms with Crippen LogP contribution in [0.5, 0.6) is 0 Å². The SMILES string of the molecule is CC(=O)c1ccc(N(C)Cc2csc(Br)c2)cc1Br. The van der Waals surface area contributed by atoms with E-state index in [1.165, 1.54) is 5.56 Å². The molecule has 0 saturated heterocycles. The molecular formula is C14H13Br2NOS. The highest BCUT2D eigenvalue weighted by Crippen LogP contribution is 2.26. The molecule has 1 aromatic heterocycles. The molecule has 0 radical (unpaired) electrons. The van der Waals surface area contributed by atoms with Gasteiger partial charge in [0.2, 0.25) is 0 Å². The van der Waals surface area contributed by atoms with Crippen molar-refractivity contribution < 1.29 is 4.79 Å². The first kappa shape index (κ1) is 14.8. The number of carbonyl (C=O) groups is 1. The fraction of sp³-hybridized carbons (Fsp3) is 0.214. The summed E-state index contributed by atoms with van der Waals surface area (Å²) in [5.41, 5.74) is 3.07. The van der Waals surface area contributed by atoms with Gasteiger partial charge in [0.15, 0.2) is 5.78 Å². The Labute approximate surface area is 133 Å². The van der Waals surface area contributed by atoms with Crippen LogP contribution in [0.15, 0.2) is 37.9 Å². The van der Waals surface area contributed by atoms with Crippen molar-refractivity contribution in [2.75, 3.05) is 11.9 Å². The van der Waals surface area contributed by atoms with Crippen LogP contribution in [0, 0.1) is 0 Å². The normalized spacial score (nSPS) is 10.5. The quantitative estimate of drug-likeness (QED) is 0.662. The van der Waals surface area contributed by atoms with Gasteiger partial charge in [0.05, 0.1) is 3.79 Å². The van der Waals surface area contributed by atoms with Gasteiger partial charge < -0.3 is 4.90 Å². The molecular weight excluding hydrogens is 390 g/mol. The minimum atomic E-state index is 0.0721. The zero-order valence-electron chi connectivity index (χ0n) is 10.6. The average Bonchev–Trinajstić information content (AvgIpc) is 2.74. The molecule has 0 saturated carbocycles. The second-order valence-electron chi connectivity index (χ2n) is 4.34. The lowest BCUT2D eigenvalue weighted by atomic mass is 10.1. The van der Waals surface area contributed by atoms with Crippen molar-refractivity contribution in [3.8, 4) is 0 Å². The molecule has 0 unspecified atom stereocenters. The average molecular weight is 403 g/mol. The molecule has 0 aliphatic rings. The summed E-state index contributed by atoms with van der Waals surface area (Å²) < 4.78 is 1.99. The topological polar surface area (TPSA) is 20.3 Å². The zero-order valence-corrected chi connectivity index (χ0v) is 14.6. The number of ketones is 1. The fourth-order valence-electron chi connectivity index (χ4n) is 1.82. The molecule has 100 valence electrons. The summed E-state index contributed by atoms with van der Waals surface area (Å²) in [6.45, 7) is 2.42. The standard InChI is InChI=1S/C14H13Br2NOS/c1-9(18)12-4-3-11(6-13(12)15)17(2)7-10-5-14(16)19-8-10/h3-6,8H,7H2,1-2H3. The van der Waals surface area contributed by atoms with Crippen molar-refractivity contribution in [1.29, 1.82) is 0 Å². The Hall–Kier alpha value is -0.650. The van der Waals surface area contributed by atoms with Gasteiger partial charge in [-0.05, 0) is 74.0 Å². The molecule has 5 heteroatoms. The highest BCUT2D eigenvalue weighted by Gasteiger charge is 2.09. The molecule has 2 rings (SSSR count). The molecule has 0 amide bonds. The number of hydrogen-bond donors (Lipinski definition) is 0. The molecule has 0 N–H and O–H groups in total. The first-order valence-corrected chi connectivity index (χ1v) is 8.18. The number of thiophene rings is 1. The van der Waals surface area contributed by atoms with Gasteiger partial charge in [0.1, 0.15) is 0 Å². The van der Waals surface area contributed by atoms with Crippen LogP contribution in [0.4, 0.5) is 5.69 Å². The van der Waals surface area contributed by atoms with Gasteiger partial charge in [-0.25, -0.2) is 0 Å². The first-order valence-electron chi connectivity index (χ1n) is 5.72. The highest BCUT2D eigenvalue weighted by atomic mass is 79.9. The number of halogens is 2. The molecule has 2 nitrogen and oxygen atoms in total. The van der Waals surface area contributed by atoms with Crippen LogP contribution in [0.3, 0.4) is 0 Å². The van der Waals surface area contributed by atoms with Crippen LogP contribution < -0.4 is 4.90 Å². The summed E-state index contributed by atoms with van der Waals surface area (Å²) >= 11 is 8.61. The van der Waals surface area contributed by atoms with Gasteiger partial charge in [-0.15, -0.1) is 11.3 Å². The first-order chi connectivity index (χ1) is 8.97. The second-order valence-corrected chi connectivity index (χ2v) is 7.48. The monoisotopic (exact) mass is 401 g/mol. The van der Waals surface area contributed by atoms with Gasteiger partial charge in [-0.2, -0.15) is 0 Å². The maximum Gasteiger partial charge on any atom is 0.160 e. The van der Waals surface area contributed by atoms with Crippen molar-refractivity contribution >= 4 is 54.7 Å². The lowest BCUT2D eigenvalue weighted by Gasteiger charge is -2.19. The summed E-state index contributed by atoms with van der Waals surface area (Å²) in [7, 11) is 2.04. The molecule has 0 bridgehead atoms. The molecule has 0 aliphatic carbocycles. The molecule has 0 fully saturated rings. The van der Waals surface area contributed by atoms with Crippen molar-refractivity contribution in [3.63, 3.8) is 0 Å². The van der Waals surface area contributed by atoms with Crippen molar-refractivity contribution in [2.24, 2.45) is 0 Å². The van der Waals surface area contributed by atoms with E-state index < -0.39 is 0 Å². The Bertz CT molecular complexity index is 609. The van der Waals surface area contributed by atoms with E-state index in [4.69, 9.17) is 0 Å². The number of nitrogens with zero attached hydrogens (tertiary/aromatic N) is 1. The molecule has 0 spiro atoms. The highest BCUT2D eigenvalue weighted by molar-refractivity contribution is 9.11. The molecule has 19 heavy (non-hydrogen) atoms. The van der Waals surface area contributed by atoms with Gasteiger partial charge in [-0.1, -0.05) is 0 Å². The Morgan fingerprint density at radius 1 is 1.32 bits per heavy atom. The van der Waals surface area contributed by atoms with Gasteiger partial charge in [0, 0.05) is 29.3 Å². The number of Topliss-reactive ketones (excluding diaryl/α,β-unsaturated/α-hetero) is 1. The van der Waals surface area contributed by atoms with Crippen LogP contribution in [-0.2, 0) is 6.54 Å². The van der Waals surface area contributed by atoms with E-state index in [0.29, 0.717) is 0 Å². The summed E-state index contributed by atoms with van der Waals surface area (Å²) in [4.78, 5) is 13.5. The third-order valence-corrected chi connectivity index (χ3v) is 5.02. The predicted molar refractivity (Wildman–Crippen MR) is 88.3 cm³/mol. The van der Waals surface area contributed by atoms with Crippen molar-refractivity contribution in [2.45, 2.75) is 13.5 Å². The predicted octanol–water partition coefficient (Wildman–Crippen LogP) is 5.11. The molecule has 1 aromatic carbocycles. The van der Waals surface area contributed by atoms with Gasteiger partial charge in [0.25, 0.3) is 0 Å². The van der Waals surface area contributed by atoms with E-state index in [1.807, 2.05) is 25.2 Å². The Morgan fingerprint density at radius 2 is 2.05 bits per heavy atom. The number of rotatable bonds is 4. The van der Waals surface area contributed by atoms with E-state index in [-0.39, 0.29) is 5.78 Å². The number of anilines is 1. The fourth-order valence-corrected chi connectivity index (χ4v) is 3.67. The summed E-state index contributed by atoms with van der Waals surface area (Å²) in [5, 5.41) is 2.14. The summed E-state index contributed by atoms with van der Waals surface area (Å²) in [6.07, 6.45) is 0. The van der Waals surface area contributed by atoms with Gasteiger partial charge >= 0.3 is 0 Å². The zero-order chi connectivity index (χ0) is 14.0.